The summed E-state index contributed by atoms with van der Waals surface area (Å²) in [4.78, 5) is 9.64. The van der Waals surface area contributed by atoms with Gasteiger partial charge in [0, 0.05) is 0 Å². The van der Waals surface area contributed by atoms with Crippen LogP contribution >= 0.6 is 8.25 Å². The van der Waals surface area contributed by atoms with E-state index in [9.17, 15) is 9.36 Å². The van der Waals surface area contributed by atoms with Crippen LogP contribution in [0, 0.1) is 0 Å². The third kappa shape index (κ3) is 27.7. The first kappa shape index (κ1) is 25.8. The van der Waals surface area contributed by atoms with Crippen molar-refractivity contribution < 1.29 is 47.6 Å². The van der Waals surface area contributed by atoms with Crippen molar-refractivity contribution >= 4 is 14.2 Å². The van der Waals surface area contributed by atoms with E-state index >= 15 is 0 Å². The van der Waals surface area contributed by atoms with E-state index in [1.165, 1.54) is 58.3 Å². The van der Waals surface area contributed by atoms with Crippen LogP contribution in [0.2, 0.25) is 0 Å². The fraction of sp³-hybridized carbons (Fsp3) is 0.938. The van der Waals surface area contributed by atoms with Gasteiger partial charge in [0.25, 0.3) is 0 Å². The molecule has 5 nitrogen and oxygen atoms in total. The van der Waals surface area contributed by atoms with Gasteiger partial charge in [-0.3, -0.25) is 4.57 Å². The molecule has 0 saturated heterocycles. The Labute approximate surface area is 159 Å². The minimum Gasteiger partial charge on any atom is -0.311 e. The Hall–Kier alpha value is 0.555. The fourth-order valence-corrected chi connectivity index (χ4v) is 2.47. The fourth-order valence-electron chi connectivity index (χ4n) is 1.76. The zero-order valence-corrected chi connectivity index (χ0v) is 21.7. The van der Waals surface area contributed by atoms with Crippen molar-refractivity contribution in [3.8, 4) is 0 Å². The molecule has 0 radical (unpaired) electrons. The van der Waals surface area contributed by atoms with Crippen LogP contribution < -0.4 is 0 Å². The minimum atomic E-state index is -2.22. The van der Waals surface area contributed by atoms with E-state index in [4.69, 9.17) is 9.05 Å². The summed E-state index contributed by atoms with van der Waals surface area (Å²) in [5.41, 5.74) is 0. The van der Waals surface area contributed by atoms with E-state index < -0.39 is 8.25 Å². The second-order valence-electron chi connectivity index (χ2n) is 5.41. The molecule has 0 aliphatic heterocycles. The van der Waals surface area contributed by atoms with Gasteiger partial charge in [0.1, 0.15) is 0 Å². The largest absolute Gasteiger partial charge is 0.319 e. The average Bonchev–Trinajstić information content (AvgIpc) is 2.54. The van der Waals surface area contributed by atoms with Crippen LogP contribution in [-0.4, -0.2) is 19.2 Å². The molecule has 0 spiro atoms. The number of hydrogen-bond donors (Lipinski definition) is 0. The summed E-state index contributed by atoms with van der Waals surface area (Å²) in [5, 5.41) is 0. The standard InChI is InChI=1S/C14H31O3P.C2H4O2.Hg/c1-3-5-7-9-11-13-16-18(15)17-14-12-10-8-6-4-2;1-2(3)4;/h18H,3-14H2,1-2H3;1H3,(H,3,4);/q;;+1/p-1. The van der Waals surface area contributed by atoms with Gasteiger partial charge in [0.2, 0.25) is 0 Å². The summed E-state index contributed by atoms with van der Waals surface area (Å²) in [6.07, 6.45) is 11.9. The number of rotatable bonds is 14. The van der Waals surface area contributed by atoms with Crippen molar-refractivity contribution in [3.05, 3.63) is 0 Å². The Morgan fingerprint density at radius 3 is 1.48 bits per heavy atom. The zero-order chi connectivity index (χ0) is 17.8. The molecule has 0 fully saturated rings. The Bertz CT molecular complexity index is 259. The van der Waals surface area contributed by atoms with E-state index in [0.29, 0.717) is 13.2 Å². The normalized spacial score (nSPS) is 10.3. The van der Waals surface area contributed by atoms with Crippen LogP contribution in [0.5, 0.6) is 0 Å². The van der Waals surface area contributed by atoms with Crippen LogP contribution in [0.25, 0.3) is 0 Å². The Kier molecular flexibility index (Phi) is 25.3. The molecule has 0 unspecified atom stereocenters. The molecule has 0 aliphatic rings. The molecule has 0 atom stereocenters. The maximum Gasteiger partial charge on any atom is 0.319 e. The summed E-state index contributed by atoms with van der Waals surface area (Å²) < 4.78 is 26.0. The molecule has 0 bridgehead atoms. The van der Waals surface area contributed by atoms with Crippen molar-refractivity contribution in [1.29, 1.82) is 0 Å². The van der Waals surface area contributed by atoms with Gasteiger partial charge in [-0.2, -0.15) is 0 Å². The monoisotopic (exact) mass is 539 g/mol. The first-order chi connectivity index (χ1) is 11.1. The van der Waals surface area contributed by atoms with Gasteiger partial charge in [-0.25, -0.2) is 0 Å². The predicted octanol–water partition coefficient (Wildman–Crippen LogP) is 5.36. The molecule has 0 N–H and O–H groups in total. The number of carbonyl (C=O) groups is 1. The smallest absolute Gasteiger partial charge is 0.311 e. The van der Waals surface area contributed by atoms with Gasteiger partial charge in [0.05, 0.1) is 13.2 Å². The van der Waals surface area contributed by atoms with Crippen molar-refractivity contribution in [2.24, 2.45) is 0 Å². The molecule has 0 aromatic carbocycles. The van der Waals surface area contributed by atoms with E-state index in [1.54, 1.807) is 0 Å². The molecular weight excluding hydrogens is 504 g/mol. The molecular formula is C16H34HgO5P. The number of hydrogen-bond acceptors (Lipinski definition) is 5. The van der Waals surface area contributed by atoms with Gasteiger partial charge < -0.3 is 9.05 Å². The van der Waals surface area contributed by atoms with Crippen LogP contribution in [-0.2, 0) is 47.6 Å². The van der Waals surface area contributed by atoms with Crippen LogP contribution in [0.4, 0.5) is 0 Å². The number of unbranched alkanes of at least 4 members (excludes halogenated alkanes) is 8. The first-order valence-corrected chi connectivity index (χ1v) is 12.3. The van der Waals surface area contributed by atoms with Crippen LogP contribution in [0.3, 0.4) is 0 Å². The topological polar surface area (TPSA) is 61.8 Å². The van der Waals surface area contributed by atoms with Crippen LogP contribution in [0.15, 0.2) is 0 Å². The summed E-state index contributed by atoms with van der Waals surface area (Å²) in [6, 6.07) is 0. The Morgan fingerprint density at radius 2 is 1.17 bits per heavy atom. The first-order valence-electron chi connectivity index (χ1n) is 8.80. The summed E-state index contributed by atoms with van der Waals surface area (Å²) in [7, 11) is -2.22. The van der Waals surface area contributed by atoms with E-state index in [2.05, 4.69) is 16.5 Å². The second-order valence-corrected chi connectivity index (χ2v) is 7.61. The van der Waals surface area contributed by atoms with Gasteiger partial charge in [-0.15, -0.1) is 0 Å². The molecule has 23 heavy (non-hydrogen) atoms. The Morgan fingerprint density at radius 1 is 0.826 bits per heavy atom. The quantitative estimate of drug-likeness (QED) is 0.170. The molecule has 0 aromatic rings. The van der Waals surface area contributed by atoms with Gasteiger partial charge >= 0.3 is 55.2 Å². The van der Waals surface area contributed by atoms with Gasteiger partial charge in [-0.1, -0.05) is 65.2 Å². The van der Waals surface area contributed by atoms with Crippen molar-refractivity contribution in [2.75, 3.05) is 13.2 Å². The molecule has 0 aliphatic carbocycles. The summed E-state index contributed by atoms with van der Waals surface area (Å²) in [6.45, 7) is 6.97. The molecule has 0 rings (SSSR count). The molecule has 0 amide bonds. The van der Waals surface area contributed by atoms with E-state index in [1.807, 2.05) is 0 Å². The predicted molar refractivity (Wildman–Crippen MR) is 90.2 cm³/mol. The van der Waals surface area contributed by atoms with Crippen molar-refractivity contribution in [2.45, 2.75) is 85.0 Å². The van der Waals surface area contributed by atoms with E-state index in [-0.39, 0.29) is 32.5 Å². The third-order valence-corrected chi connectivity index (χ3v) is 5.60. The second kappa shape index (κ2) is 22.6. The minimum absolute atomic E-state index is 0.159. The van der Waals surface area contributed by atoms with Crippen LogP contribution in [0.1, 0.15) is 85.0 Å². The zero-order valence-electron chi connectivity index (χ0n) is 15.2. The third-order valence-electron chi connectivity index (χ3n) is 3.14. The Balaban J connectivity index is 0. The maximum absolute atomic E-state index is 11.4. The summed E-state index contributed by atoms with van der Waals surface area (Å²) >= 11 is 0.194. The molecule has 0 aromatic heterocycles. The molecule has 135 valence electrons. The number of carbonyl (C=O) groups excluding carboxylic acids is 1. The van der Waals surface area contributed by atoms with E-state index in [0.717, 1.165) is 12.8 Å². The molecule has 0 saturated carbocycles. The average molecular weight is 538 g/mol. The SMILES string of the molecule is CC(=O)[O][Hg].CCCCCCCO[PH](=O)OCCCCCCC. The molecule has 7 heteroatoms. The van der Waals surface area contributed by atoms with Crippen molar-refractivity contribution in [3.63, 3.8) is 0 Å². The van der Waals surface area contributed by atoms with Gasteiger partial charge in [0.15, 0.2) is 0 Å². The maximum atomic E-state index is 11.4. The van der Waals surface area contributed by atoms with Gasteiger partial charge in [-0.05, 0) is 12.8 Å². The van der Waals surface area contributed by atoms with Crippen molar-refractivity contribution in [1.82, 2.24) is 0 Å². The molecule has 0 heterocycles. The summed E-state index contributed by atoms with van der Waals surface area (Å²) in [5.74, 6) is -0.159.